The van der Waals surface area contributed by atoms with Crippen molar-refractivity contribution in [2.75, 3.05) is 26.8 Å². The maximum atomic E-state index is 5.07. The summed E-state index contributed by atoms with van der Waals surface area (Å²) in [6.45, 7) is 8.17. The van der Waals surface area contributed by atoms with Gasteiger partial charge in [0.15, 0.2) is 0 Å². The van der Waals surface area contributed by atoms with Gasteiger partial charge in [0.2, 0.25) is 0 Å². The van der Waals surface area contributed by atoms with E-state index in [1.807, 2.05) is 0 Å². The van der Waals surface area contributed by atoms with Crippen LogP contribution in [0.2, 0.25) is 0 Å². The summed E-state index contributed by atoms with van der Waals surface area (Å²) in [6, 6.07) is 2.29. The minimum Gasteiger partial charge on any atom is -0.383 e. The molecule has 19 heavy (non-hydrogen) atoms. The quantitative estimate of drug-likeness (QED) is 0.694. The summed E-state index contributed by atoms with van der Waals surface area (Å²) in [5.74, 6) is 0. The van der Waals surface area contributed by atoms with Crippen LogP contribution < -0.4 is 5.32 Å². The normalized spacial score (nSPS) is 16.8. The fourth-order valence-electron chi connectivity index (χ4n) is 2.61. The lowest BCUT2D eigenvalue weighted by atomic mass is 9.99. The molecule has 0 bridgehead atoms. The van der Waals surface area contributed by atoms with Crippen molar-refractivity contribution < 1.29 is 4.74 Å². The van der Waals surface area contributed by atoms with Crippen molar-refractivity contribution in [3.8, 4) is 0 Å². The van der Waals surface area contributed by atoms with Crippen molar-refractivity contribution in [2.45, 2.75) is 46.1 Å². The van der Waals surface area contributed by atoms with Gasteiger partial charge in [-0.15, -0.1) is 0 Å². The van der Waals surface area contributed by atoms with Gasteiger partial charge in [-0.2, -0.15) is 5.10 Å². The van der Waals surface area contributed by atoms with Crippen LogP contribution in [-0.2, 0) is 24.1 Å². The van der Waals surface area contributed by atoms with Crippen LogP contribution in [-0.4, -0.2) is 36.6 Å². The lowest BCUT2D eigenvalue weighted by Crippen LogP contribution is -2.28. The fourth-order valence-corrected chi connectivity index (χ4v) is 2.61. The van der Waals surface area contributed by atoms with E-state index >= 15 is 0 Å². The number of nitrogens with zero attached hydrogens (tertiary/aromatic N) is 2. The van der Waals surface area contributed by atoms with Gasteiger partial charge in [0.1, 0.15) is 0 Å². The number of hydrogen-bond acceptors (Lipinski definition) is 3. The summed E-state index contributed by atoms with van der Waals surface area (Å²) >= 11 is 0. The summed E-state index contributed by atoms with van der Waals surface area (Å²) in [5, 5.41) is 8.16. The second-order valence-electron chi connectivity index (χ2n) is 5.64. The van der Waals surface area contributed by atoms with Crippen LogP contribution in [0.15, 0.2) is 6.07 Å². The molecule has 2 rings (SSSR count). The van der Waals surface area contributed by atoms with E-state index in [-0.39, 0.29) is 0 Å². The molecule has 0 atom stereocenters. The van der Waals surface area contributed by atoms with Crippen LogP contribution in [0.1, 0.15) is 38.1 Å². The zero-order valence-electron chi connectivity index (χ0n) is 12.5. The average molecular weight is 265 g/mol. The second-order valence-corrected chi connectivity index (χ2v) is 5.64. The summed E-state index contributed by atoms with van der Waals surface area (Å²) < 4.78 is 7.25. The topological polar surface area (TPSA) is 39.1 Å². The monoisotopic (exact) mass is 265 g/mol. The lowest BCUT2D eigenvalue weighted by Gasteiger charge is -2.16. The Morgan fingerprint density at radius 3 is 2.79 bits per heavy atom. The van der Waals surface area contributed by atoms with E-state index in [1.54, 1.807) is 7.11 Å². The summed E-state index contributed by atoms with van der Waals surface area (Å²) in [4.78, 5) is 0. The van der Waals surface area contributed by atoms with Crippen molar-refractivity contribution >= 4 is 0 Å². The van der Waals surface area contributed by atoms with Gasteiger partial charge in [0, 0.05) is 32.4 Å². The van der Waals surface area contributed by atoms with E-state index in [1.165, 1.54) is 24.2 Å². The molecule has 0 unspecified atom stereocenters. The average Bonchev–Trinajstić information content (AvgIpc) is 3.06. The Hall–Kier alpha value is -0.870. The molecule has 0 spiro atoms. The molecule has 1 saturated carbocycles. The van der Waals surface area contributed by atoms with E-state index in [0.717, 1.165) is 39.1 Å². The van der Waals surface area contributed by atoms with E-state index in [4.69, 9.17) is 4.74 Å². The number of nitrogens with one attached hydrogen (secondary N) is 1. The molecule has 108 valence electrons. The van der Waals surface area contributed by atoms with E-state index < -0.39 is 0 Å². The van der Waals surface area contributed by atoms with E-state index in [2.05, 4.69) is 35.0 Å². The molecular weight excluding hydrogens is 238 g/mol. The highest BCUT2D eigenvalue weighted by Gasteiger charge is 2.42. The molecular formula is C15H27N3O. The van der Waals surface area contributed by atoms with Crippen LogP contribution >= 0.6 is 0 Å². The lowest BCUT2D eigenvalue weighted by molar-refractivity contribution is 0.197. The van der Waals surface area contributed by atoms with Gasteiger partial charge < -0.3 is 10.1 Å². The number of ether oxygens (including phenoxy) is 1. The summed E-state index contributed by atoms with van der Waals surface area (Å²) in [5.41, 5.74) is 3.11. The minimum atomic E-state index is 0.478. The smallest absolute Gasteiger partial charge is 0.0624 e. The summed E-state index contributed by atoms with van der Waals surface area (Å²) in [7, 11) is 1.75. The molecule has 1 aliphatic carbocycles. The van der Waals surface area contributed by atoms with Crippen LogP contribution in [0.3, 0.4) is 0 Å². The van der Waals surface area contributed by atoms with Gasteiger partial charge >= 0.3 is 0 Å². The van der Waals surface area contributed by atoms with Crippen molar-refractivity contribution in [2.24, 2.45) is 5.41 Å². The third-order valence-electron chi connectivity index (χ3n) is 4.07. The molecule has 1 aromatic heterocycles. The zero-order chi connectivity index (χ0) is 13.7. The molecule has 1 heterocycles. The Morgan fingerprint density at radius 1 is 1.42 bits per heavy atom. The van der Waals surface area contributed by atoms with Crippen LogP contribution in [0, 0.1) is 5.41 Å². The molecule has 1 aromatic rings. The maximum absolute atomic E-state index is 5.07. The minimum absolute atomic E-state index is 0.478. The summed E-state index contributed by atoms with van der Waals surface area (Å²) in [6.07, 6.45) is 4.86. The van der Waals surface area contributed by atoms with Crippen molar-refractivity contribution in [3.05, 3.63) is 17.5 Å². The third kappa shape index (κ3) is 3.80. The number of aromatic nitrogens is 2. The molecule has 4 nitrogen and oxygen atoms in total. The molecule has 0 amide bonds. The standard InChI is InChI=1S/C15H27N3O/c1-4-13-10-14(18(5-2)17-13)11-15(6-7-15)12-16-8-9-19-3/h10,16H,4-9,11-12H2,1-3H3. The van der Waals surface area contributed by atoms with E-state index in [0.29, 0.717) is 5.41 Å². The van der Waals surface area contributed by atoms with Crippen LogP contribution in [0.25, 0.3) is 0 Å². The molecule has 1 N–H and O–H groups in total. The van der Waals surface area contributed by atoms with Gasteiger partial charge in [-0.1, -0.05) is 6.92 Å². The van der Waals surface area contributed by atoms with Gasteiger partial charge in [-0.3, -0.25) is 4.68 Å². The molecule has 4 heteroatoms. The first-order valence-corrected chi connectivity index (χ1v) is 7.48. The SMILES string of the molecule is CCc1cc(CC2(CNCCOC)CC2)n(CC)n1. The number of aryl methyl sites for hydroxylation is 2. The third-order valence-corrected chi connectivity index (χ3v) is 4.07. The Balaban J connectivity index is 1.90. The van der Waals surface area contributed by atoms with Gasteiger partial charge in [-0.05, 0) is 44.1 Å². The van der Waals surface area contributed by atoms with Gasteiger partial charge in [0.25, 0.3) is 0 Å². The first kappa shape index (κ1) is 14.5. The van der Waals surface area contributed by atoms with E-state index in [9.17, 15) is 0 Å². The number of hydrogen-bond donors (Lipinski definition) is 1. The number of methoxy groups -OCH3 is 1. The first-order valence-electron chi connectivity index (χ1n) is 7.48. The highest BCUT2D eigenvalue weighted by Crippen LogP contribution is 2.47. The maximum Gasteiger partial charge on any atom is 0.0624 e. The largest absolute Gasteiger partial charge is 0.383 e. The zero-order valence-corrected chi connectivity index (χ0v) is 12.5. The predicted molar refractivity (Wildman–Crippen MR) is 77.4 cm³/mol. The Bertz CT molecular complexity index is 396. The van der Waals surface area contributed by atoms with Crippen molar-refractivity contribution in [3.63, 3.8) is 0 Å². The van der Waals surface area contributed by atoms with Crippen molar-refractivity contribution in [1.82, 2.24) is 15.1 Å². The van der Waals surface area contributed by atoms with Gasteiger partial charge in [-0.25, -0.2) is 0 Å². The Labute approximate surface area is 116 Å². The number of rotatable bonds is 9. The highest BCUT2D eigenvalue weighted by molar-refractivity contribution is 5.15. The predicted octanol–water partition coefficient (Wildman–Crippen LogP) is 2.02. The Kier molecular flexibility index (Phi) is 4.99. The fraction of sp³-hybridized carbons (Fsp3) is 0.800. The van der Waals surface area contributed by atoms with Gasteiger partial charge in [0.05, 0.1) is 12.3 Å². The molecule has 0 radical (unpaired) electrons. The molecule has 0 aliphatic heterocycles. The molecule has 0 aromatic carbocycles. The van der Waals surface area contributed by atoms with Crippen LogP contribution in [0.4, 0.5) is 0 Å². The van der Waals surface area contributed by atoms with Crippen molar-refractivity contribution in [1.29, 1.82) is 0 Å². The Morgan fingerprint density at radius 2 is 2.21 bits per heavy atom. The highest BCUT2D eigenvalue weighted by atomic mass is 16.5. The molecule has 0 saturated heterocycles. The molecule has 1 fully saturated rings. The van der Waals surface area contributed by atoms with Crippen LogP contribution in [0.5, 0.6) is 0 Å². The molecule has 1 aliphatic rings. The first-order chi connectivity index (χ1) is 9.23. The second kappa shape index (κ2) is 6.53.